The molecule has 2 heterocycles. The third-order valence-corrected chi connectivity index (χ3v) is 5.73. The summed E-state index contributed by atoms with van der Waals surface area (Å²) in [6, 6.07) is 13.9. The van der Waals surface area contributed by atoms with Crippen molar-refractivity contribution >= 4 is 28.4 Å². The van der Waals surface area contributed by atoms with E-state index in [9.17, 15) is 13.6 Å². The summed E-state index contributed by atoms with van der Waals surface area (Å²) in [5.41, 5.74) is 1.16. The lowest BCUT2D eigenvalue weighted by atomic mass is 10.2. The fourth-order valence-corrected chi connectivity index (χ4v) is 4.30. The van der Waals surface area contributed by atoms with Gasteiger partial charge in [0, 0.05) is 31.6 Å². The van der Waals surface area contributed by atoms with Gasteiger partial charge in [0.25, 0.3) is 5.56 Å². The first-order chi connectivity index (χ1) is 15.1. The molecule has 0 aliphatic rings. The lowest BCUT2D eigenvalue weighted by molar-refractivity contribution is -0.0503. The predicted molar refractivity (Wildman–Crippen MR) is 114 cm³/mol. The van der Waals surface area contributed by atoms with Gasteiger partial charge < -0.3 is 9.47 Å². The molecule has 7 nitrogen and oxygen atoms in total. The van der Waals surface area contributed by atoms with Crippen molar-refractivity contribution in [3.05, 3.63) is 64.4 Å². The Labute approximate surface area is 180 Å². The lowest BCUT2D eigenvalue weighted by Crippen LogP contribution is -2.24. The molecule has 162 valence electrons. The summed E-state index contributed by atoms with van der Waals surface area (Å²) in [5, 5.41) is 9.64. The minimum absolute atomic E-state index is 0.125. The van der Waals surface area contributed by atoms with Crippen LogP contribution in [0.25, 0.3) is 16.7 Å². The molecule has 0 amide bonds. The van der Waals surface area contributed by atoms with Crippen molar-refractivity contribution in [2.75, 3.05) is 13.7 Å². The van der Waals surface area contributed by atoms with Crippen LogP contribution in [0.15, 0.2) is 58.5 Å². The number of hydrogen-bond donors (Lipinski definition) is 0. The Morgan fingerprint density at radius 3 is 2.68 bits per heavy atom. The van der Waals surface area contributed by atoms with E-state index in [0.717, 1.165) is 0 Å². The van der Waals surface area contributed by atoms with Gasteiger partial charge in [-0.15, -0.1) is 10.2 Å². The van der Waals surface area contributed by atoms with Crippen LogP contribution in [0.1, 0.15) is 12.0 Å². The van der Waals surface area contributed by atoms with Gasteiger partial charge >= 0.3 is 6.61 Å². The number of fused-ring (bicyclic) bond motifs is 3. The van der Waals surface area contributed by atoms with Crippen LogP contribution in [0.4, 0.5) is 8.78 Å². The van der Waals surface area contributed by atoms with Crippen molar-refractivity contribution < 1.29 is 18.3 Å². The molecule has 4 rings (SSSR count). The molecule has 0 aliphatic heterocycles. The summed E-state index contributed by atoms with van der Waals surface area (Å²) in [6.45, 7) is -1.94. The second-order valence-electron chi connectivity index (χ2n) is 6.71. The van der Waals surface area contributed by atoms with Crippen molar-refractivity contribution in [2.45, 2.75) is 30.5 Å². The van der Waals surface area contributed by atoms with E-state index < -0.39 is 6.61 Å². The van der Waals surface area contributed by atoms with Gasteiger partial charge in [0.15, 0.2) is 5.16 Å². The molecule has 0 radical (unpaired) electrons. The summed E-state index contributed by atoms with van der Waals surface area (Å²) in [7, 11) is 1.61. The Bertz CT molecular complexity index is 1260. The summed E-state index contributed by atoms with van der Waals surface area (Å²) >= 11 is 1.33. The highest BCUT2D eigenvalue weighted by Crippen LogP contribution is 2.29. The highest BCUT2D eigenvalue weighted by Gasteiger charge is 2.17. The Morgan fingerprint density at radius 1 is 1.10 bits per heavy atom. The van der Waals surface area contributed by atoms with E-state index in [1.807, 2.05) is 22.6 Å². The molecule has 0 bridgehead atoms. The van der Waals surface area contributed by atoms with E-state index in [-0.39, 0.29) is 11.3 Å². The van der Waals surface area contributed by atoms with Crippen molar-refractivity contribution in [2.24, 2.45) is 0 Å². The van der Waals surface area contributed by atoms with Gasteiger partial charge in [-0.25, -0.2) is 0 Å². The van der Waals surface area contributed by atoms with Crippen LogP contribution in [0.3, 0.4) is 0 Å². The third-order valence-electron chi connectivity index (χ3n) is 4.75. The maximum atomic E-state index is 13.0. The van der Waals surface area contributed by atoms with Gasteiger partial charge in [-0.2, -0.15) is 8.78 Å². The van der Waals surface area contributed by atoms with Crippen molar-refractivity contribution in [1.29, 1.82) is 0 Å². The minimum Gasteiger partial charge on any atom is -0.435 e. The molecule has 10 heteroatoms. The topological polar surface area (TPSA) is 70.7 Å². The Kier molecular flexibility index (Phi) is 6.47. The van der Waals surface area contributed by atoms with Crippen LogP contribution >= 0.6 is 11.8 Å². The molecule has 2 aromatic heterocycles. The molecule has 0 saturated heterocycles. The van der Waals surface area contributed by atoms with E-state index in [1.165, 1.54) is 17.8 Å². The number of thioether (sulfide) groups is 1. The van der Waals surface area contributed by atoms with Crippen LogP contribution in [-0.2, 0) is 17.0 Å². The Hall–Kier alpha value is -2.98. The number of halogens is 2. The largest absolute Gasteiger partial charge is 0.435 e. The zero-order chi connectivity index (χ0) is 21.8. The molecule has 0 aliphatic carbocycles. The smallest absolute Gasteiger partial charge is 0.387 e. The van der Waals surface area contributed by atoms with Crippen molar-refractivity contribution in [1.82, 2.24) is 19.2 Å². The summed E-state index contributed by atoms with van der Waals surface area (Å²) in [6.07, 6.45) is 0.651. The molecular weight excluding hydrogens is 426 g/mol. The molecule has 0 saturated carbocycles. The van der Waals surface area contributed by atoms with Crippen molar-refractivity contribution in [3.63, 3.8) is 0 Å². The number of nitrogens with zero attached hydrogens (tertiary/aromatic N) is 4. The molecule has 2 aromatic carbocycles. The number of alkyl halides is 2. The third kappa shape index (κ3) is 4.40. The molecule has 0 fully saturated rings. The van der Waals surface area contributed by atoms with Gasteiger partial charge in [-0.1, -0.05) is 42.1 Å². The number of aromatic nitrogens is 4. The Morgan fingerprint density at radius 2 is 1.87 bits per heavy atom. The summed E-state index contributed by atoms with van der Waals surface area (Å²) in [5.74, 6) is 0.903. The number of ether oxygens (including phenoxy) is 2. The average Bonchev–Trinajstić information content (AvgIpc) is 3.19. The number of hydrogen-bond acceptors (Lipinski definition) is 6. The van der Waals surface area contributed by atoms with E-state index in [1.54, 1.807) is 35.9 Å². The molecular formula is C21H20F2N4O3S. The number of para-hydroxylation sites is 2. The number of benzene rings is 2. The number of methoxy groups -OCH3 is 1. The quantitative estimate of drug-likeness (QED) is 0.286. The van der Waals surface area contributed by atoms with E-state index in [0.29, 0.717) is 52.7 Å². The van der Waals surface area contributed by atoms with Gasteiger partial charge in [-0.3, -0.25) is 13.8 Å². The molecule has 31 heavy (non-hydrogen) atoms. The van der Waals surface area contributed by atoms with Gasteiger partial charge in [0.1, 0.15) is 5.75 Å². The first-order valence-electron chi connectivity index (χ1n) is 9.61. The van der Waals surface area contributed by atoms with Crippen LogP contribution in [0.2, 0.25) is 0 Å². The predicted octanol–water partition coefficient (Wildman–Crippen LogP) is 3.97. The van der Waals surface area contributed by atoms with Gasteiger partial charge in [0.05, 0.1) is 10.9 Å². The van der Waals surface area contributed by atoms with Crippen LogP contribution < -0.4 is 10.3 Å². The second-order valence-corrected chi connectivity index (χ2v) is 7.66. The molecule has 0 unspecified atom stereocenters. The molecule has 0 N–H and O–H groups in total. The highest BCUT2D eigenvalue weighted by molar-refractivity contribution is 7.98. The van der Waals surface area contributed by atoms with Crippen LogP contribution in [-0.4, -0.2) is 39.5 Å². The monoisotopic (exact) mass is 446 g/mol. The highest BCUT2D eigenvalue weighted by atomic mass is 32.2. The zero-order valence-corrected chi connectivity index (χ0v) is 17.5. The second kappa shape index (κ2) is 9.44. The SMILES string of the molecule is COCCCn1c(=O)c2ccccc2n2c(SCc3ccccc3OC(F)F)nnc12. The molecule has 4 aromatic rings. The van der Waals surface area contributed by atoms with Crippen LogP contribution in [0.5, 0.6) is 5.75 Å². The fourth-order valence-electron chi connectivity index (χ4n) is 3.37. The van der Waals surface area contributed by atoms with Crippen molar-refractivity contribution in [3.8, 4) is 5.75 Å². The first kappa shape index (κ1) is 21.3. The first-order valence-corrected chi connectivity index (χ1v) is 10.6. The van der Waals surface area contributed by atoms with E-state index >= 15 is 0 Å². The van der Waals surface area contributed by atoms with Gasteiger partial charge in [0.2, 0.25) is 5.78 Å². The standard InChI is InChI=1S/C21H20F2N4O3S/c1-29-12-6-11-26-18(28)15-8-3-4-9-16(15)27-20(26)24-25-21(27)31-13-14-7-2-5-10-17(14)30-19(22)23/h2-5,7-10,19H,6,11-13H2,1H3. The fraction of sp³-hybridized carbons (Fsp3) is 0.286. The Balaban J connectivity index is 1.74. The summed E-state index contributed by atoms with van der Waals surface area (Å²) in [4.78, 5) is 13.0. The maximum Gasteiger partial charge on any atom is 0.387 e. The number of aryl methyl sites for hydroxylation is 1. The minimum atomic E-state index is -2.90. The normalized spacial score (nSPS) is 11.6. The summed E-state index contributed by atoms with van der Waals surface area (Å²) < 4.78 is 38.6. The molecule has 0 spiro atoms. The number of rotatable bonds is 9. The zero-order valence-electron chi connectivity index (χ0n) is 16.7. The molecule has 0 atom stereocenters. The average molecular weight is 446 g/mol. The maximum absolute atomic E-state index is 13.0. The van der Waals surface area contributed by atoms with E-state index in [2.05, 4.69) is 14.9 Å². The van der Waals surface area contributed by atoms with Crippen LogP contribution in [0, 0.1) is 0 Å². The van der Waals surface area contributed by atoms with E-state index in [4.69, 9.17) is 4.74 Å². The van der Waals surface area contributed by atoms with Gasteiger partial charge in [-0.05, 0) is 24.6 Å². The lowest BCUT2D eigenvalue weighted by Gasteiger charge is -2.12.